The highest BCUT2D eigenvalue weighted by Gasteiger charge is 2.35. The van der Waals surface area contributed by atoms with E-state index >= 15 is 0 Å². The Balaban J connectivity index is 1.83. The van der Waals surface area contributed by atoms with Crippen molar-refractivity contribution in [3.8, 4) is 0 Å². The lowest BCUT2D eigenvalue weighted by Gasteiger charge is -2.34. The fourth-order valence-electron chi connectivity index (χ4n) is 4.09. The van der Waals surface area contributed by atoms with Crippen molar-refractivity contribution in [1.29, 1.82) is 0 Å². The van der Waals surface area contributed by atoms with Gasteiger partial charge in [-0.25, -0.2) is 4.68 Å². The van der Waals surface area contributed by atoms with E-state index in [-0.39, 0.29) is 24.1 Å². The number of nitrogens with zero attached hydrogens (tertiary/aromatic N) is 4. The van der Waals surface area contributed by atoms with E-state index in [1.807, 2.05) is 45.0 Å². The van der Waals surface area contributed by atoms with Crippen molar-refractivity contribution in [2.45, 2.75) is 52.2 Å². The third kappa shape index (κ3) is 5.92. The number of ketones is 1. The summed E-state index contributed by atoms with van der Waals surface area (Å²) in [7, 11) is 0. The Hall–Kier alpha value is -4.04. The molecule has 0 aliphatic carbocycles. The average molecular weight is 532 g/mol. The SMILES string of the molecule is CCC(C)(C)NC(=O)C(c1ccc(Cl)cc1)N(C(=O)Cn1nnc2ccccc21)c1ccc(C(C)=O)cc1. The van der Waals surface area contributed by atoms with Gasteiger partial charge >= 0.3 is 0 Å². The number of halogens is 1. The van der Waals surface area contributed by atoms with Gasteiger partial charge in [0.2, 0.25) is 11.8 Å². The Bertz CT molecular complexity index is 1460. The zero-order valence-corrected chi connectivity index (χ0v) is 22.6. The first-order valence-electron chi connectivity index (χ1n) is 12.4. The fraction of sp³-hybridized carbons (Fsp3) is 0.276. The van der Waals surface area contributed by atoms with Gasteiger partial charge in [-0.1, -0.05) is 48.0 Å². The van der Waals surface area contributed by atoms with Crippen LogP contribution in [0.2, 0.25) is 5.02 Å². The molecule has 1 heterocycles. The predicted octanol–water partition coefficient (Wildman–Crippen LogP) is 5.37. The minimum atomic E-state index is -1.01. The monoisotopic (exact) mass is 531 g/mol. The summed E-state index contributed by atoms with van der Waals surface area (Å²) in [6.07, 6.45) is 0.693. The minimum absolute atomic E-state index is 0.0970. The summed E-state index contributed by atoms with van der Waals surface area (Å²) in [6, 6.07) is 19.8. The molecule has 0 aliphatic rings. The second kappa shape index (κ2) is 11.1. The van der Waals surface area contributed by atoms with Crippen LogP contribution in [-0.4, -0.2) is 38.1 Å². The third-order valence-electron chi connectivity index (χ3n) is 6.56. The van der Waals surface area contributed by atoms with Crippen LogP contribution in [0, 0.1) is 0 Å². The second-order valence-electron chi connectivity index (χ2n) is 9.78. The van der Waals surface area contributed by atoms with Gasteiger partial charge in [0.15, 0.2) is 5.78 Å². The van der Waals surface area contributed by atoms with Crippen molar-refractivity contribution >= 4 is 45.9 Å². The van der Waals surface area contributed by atoms with Crippen LogP contribution in [0.15, 0.2) is 72.8 Å². The van der Waals surface area contributed by atoms with Gasteiger partial charge in [-0.2, -0.15) is 0 Å². The first-order chi connectivity index (χ1) is 18.1. The van der Waals surface area contributed by atoms with E-state index < -0.39 is 11.6 Å². The number of aromatic nitrogens is 3. The van der Waals surface area contributed by atoms with E-state index in [4.69, 9.17) is 11.6 Å². The summed E-state index contributed by atoms with van der Waals surface area (Å²) >= 11 is 6.15. The lowest BCUT2D eigenvalue weighted by Crippen LogP contribution is -2.51. The number of para-hydroxylation sites is 1. The molecule has 0 saturated carbocycles. The first-order valence-corrected chi connectivity index (χ1v) is 12.8. The van der Waals surface area contributed by atoms with Gasteiger partial charge in [0, 0.05) is 21.8 Å². The van der Waals surface area contributed by atoms with Crippen LogP contribution < -0.4 is 10.2 Å². The van der Waals surface area contributed by atoms with Crippen LogP contribution in [0.1, 0.15) is 56.1 Å². The van der Waals surface area contributed by atoms with Crippen LogP contribution in [0.25, 0.3) is 11.0 Å². The summed E-state index contributed by atoms with van der Waals surface area (Å²) in [5, 5.41) is 11.9. The lowest BCUT2D eigenvalue weighted by molar-refractivity contribution is -0.128. The Morgan fingerprint density at radius 1 is 1.00 bits per heavy atom. The maximum atomic E-state index is 14.1. The van der Waals surface area contributed by atoms with E-state index in [0.29, 0.717) is 39.3 Å². The molecule has 0 bridgehead atoms. The number of rotatable bonds is 9. The quantitative estimate of drug-likeness (QED) is 0.293. The fourth-order valence-corrected chi connectivity index (χ4v) is 4.21. The molecule has 0 saturated heterocycles. The van der Waals surface area contributed by atoms with Crippen molar-refractivity contribution in [1.82, 2.24) is 20.3 Å². The maximum Gasteiger partial charge on any atom is 0.249 e. The largest absolute Gasteiger partial charge is 0.349 e. The number of Topliss-reactive ketones (excluding diaryl/α,β-unsaturated/α-hetero) is 1. The zero-order valence-electron chi connectivity index (χ0n) is 21.8. The molecule has 0 fully saturated rings. The van der Waals surface area contributed by atoms with Crippen molar-refractivity contribution in [3.63, 3.8) is 0 Å². The van der Waals surface area contributed by atoms with Crippen LogP contribution >= 0.6 is 11.6 Å². The number of amides is 2. The number of carbonyl (C=O) groups is 3. The molecule has 196 valence electrons. The van der Waals surface area contributed by atoms with Crippen molar-refractivity contribution in [2.75, 3.05) is 4.90 Å². The Morgan fingerprint density at radius 3 is 2.29 bits per heavy atom. The van der Waals surface area contributed by atoms with Gasteiger partial charge in [0.05, 0.1) is 5.52 Å². The molecule has 1 unspecified atom stereocenters. The van der Waals surface area contributed by atoms with E-state index in [0.717, 1.165) is 0 Å². The number of hydrogen-bond acceptors (Lipinski definition) is 5. The smallest absolute Gasteiger partial charge is 0.249 e. The standard InChI is InChI=1S/C29H30ClN5O3/c1-5-29(3,4)31-28(38)27(21-10-14-22(30)15-11-21)35(23-16-12-20(13-17-23)19(2)36)26(37)18-34-25-9-7-6-8-24(25)32-33-34/h6-17,27H,5,18H2,1-4H3,(H,31,38). The molecule has 38 heavy (non-hydrogen) atoms. The lowest BCUT2D eigenvalue weighted by atomic mass is 9.98. The van der Waals surface area contributed by atoms with Gasteiger partial charge in [-0.15, -0.1) is 5.10 Å². The number of benzene rings is 3. The van der Waals surface area contributed by atoms with Crippen LogP contribution in [0.3, 0.4) is 0 Å². The molecular formula is C29H30ClN5O3. The van der Waals surface area contributed by atoms with Gasteiger partial charge in [0.25, 0.3) is 0 Å². The highest BCUT2D eigenvalue weighted by molar-refractivity contribution is 6.30. The summed E-state index contributed by atoms with van der Waals surface area (Å²) in [5.41, 5.74) is 2.42. The van der Waals surface area contributed by atoms with Crippen LogP contribution in [-0.2, 0) is 16.1 Å². The highest BCUT2D eigenvalue weighted by Crippen LogP contribution is 2.31. The van der Waals surface area contributed by atoms with Gasteiger partial charge < -0.3 is 5.32 Å². The van der Waals surface area contributed by atoms with E-state index in [1.165, 1.54) is 16.5 Å². The summed E-state index contributed by atoms with van der Waals surface area (Å²) in [5.74, 6) is -0.813. The maximum absolute atomic E-state index is 14.1. The number of anilines is 1. The molecule has 2 amide bonds. The summed E-state index contributed by atoms with van der Waals surface area (Å²) in [4.78, 5) is 41.3. The molecule has 0 radical (unpaired) electrons. The van der Waals surface area contributed by atoms with Crippen LogP contribution in [0.4, 0.5) is 5.69 Å². The second-order valence-corrected chi connectivity index (χ2v) is 10.2. The molecule has 0 spiro atoms. The van der Waals surface area contributed by atoms with E-state index in [9.17, 15) is 14.4 Å². The summed E-state index contributed by atoms with van der Waals surface area (Å²) in [6.45, 7) is 7.17. The molecule has 4 rings (SSSR count). The van der Waals surface area contributed by atoms with Crippen molar-refractivity contribution < 1.29 is 14.4 Å². The Kier molecular flexibility index (Phi) is 7.92. The van der Waals surface area contributed by atoms with E-state index in [1.54, 1.807) is 48.5 Å². The molecule has 0 aliphatic heterocycles. The zero-order chi connectivity index (χ0) is 27.4. The Morgan fingerprint density at radius 2 is 1.66 bits per heavy atom. The normalized spacial score (nSPS) is 12.2. The summed E-state index contributed by atoms with van der Waals surface area (Å²) < 4.78 is 1.52. The predicted molar refractivity (Wildman–Crippen MR) is 148 cm³/mol. The molecular weight excluding hydrogens is 502 g/mol. The Labute approximate surface area is 226 Å². The molecule has 1 aromatic heterocycles. The van der Waals surface area contributed by atoms with Gasteiger partial charge in [0.1, 0.15) is 18.1 Å². The van der Waals surface area contributed by atoms with Crippen molar-refractivity contribution in [2.24, 2.45) is 0 Å². The minimum Gasteiger partial charge on any atom is -0.349 e. The van der Waals surface area contributed by atoms with Gasteiger partial charge in [-0.3, -0.25) is 19.3 Å². The first kappa shape index (κ1) is 27.0. The molecule has 3 aromatic carbocycles. The number of carbonyl (C=O) groups excluding carboxylic acids is 3. The van der Waals surface area contributed by atoms with Gasteiger partial charge in [-0.05, 0) is 81.3 Å². The topological polar surface area (TPSA) is 97.2 Å². The van der Waals surface area contributed by atoms with E-state index in [2.05, 4.69) is 15.6 Å². The van der Waals surface area contributed by atoms with Crippen LogP contribution in [0.5, 0.6) is 0 Å². The molecule has 8 nitrogen and oxygen atoms in total. The third-order valence-corrected chi connectivity index (χ3v) is 6.82. The number of hydrogen-bond donors (Lipinski definition) is 1. The number of fused-ring (bicyclic) bond motifs is 1. The van der Waals surface area contributed by atoms with Crippen molar-refractivity contribution in [3.05, 3.63) is 88.9 Å². The molecule has 1 N–H and O–H groups in total. The number of nitrogens with one attached hydrogen (secondary N) is 1. The average Bonchev–Trinajstić information content (AvgIpc) is 3.30. The molecule has 1 atom stereocenters. The molecule has 4 aromatic rings. The highest BCUT2D eigenvalue weighted by atomic mass is 35.5. The molecule has 9 heteroatoms.